The smallest absolute Gasteiger partial charge is 0.154 e. The van der Waals surface area contributed by atoms with E-state index in [1.165, 1.54) is 6.42 Å². The molecule has 2 fully saturated rings. The van der Waals surface area contributed by atoms with Crippen molar-refractivity contribution in [2.75, 3.05) is 6.61 Å². The van der Waals surface area contributed by atoms with E-state index in [0.717, 1.165) is 32.1 Å². The Kier molecular flexibility index (Phi) is 6.07. The van der Waals surface area contributed by atoms with Crippen LogP contribution in [0.25, 0.3) is 0 Å². The van der Waals surface area contributed by atoms with E-state index in [2.05, 4.69) is 13.8 Å². The molecule has 2 saturated heterocycles. The van der Waals surface area contributed by atoms with E-state index >= 15 is 0 Å². The first-order valence-corrected chi connectivity index (χ1v) is 7.74. The molecule has 0 saturated carbocycles. The van der Waals surface area contributed by atoms with Crippen LogP contribution in [0.2, 0.25) is 0 Å². The van der Waals surface area contributed by atoms with E-state index in [9.17, 15) is 5.11 Å². The van der Waals surface area contributed by atoms with Gasteiger partial charge < -0.3 is 19.3 Å². The third-order valence-corrected chi connectivity index (χ3v) is 4.09. The van der Waals surface area contributed by atoms with Gasteiger partial charge in [0.1, 0.15) is 0 Å². The lowest BCUT2D eigenvalue weighted by molar-refractivity contribution is -0.132. The fourth-order valence-electron chi connectivity index (χ4n) is 2.93. The Morgan fingerprint density at radius 1 is 1.05 bits per heavy atom. The molecule has 0 aliphatic carbocycles. The summed E-state index contributed by atoms with van der Waals surface area (Å²) in [6.07, 6.45) is 7.80. The normalized spacial score (nSPS) is 36.8. The molecule has 2 rings (SSSR count). The molecule has 1 N–H and O–H groups in total. The van der Waals surface area contributed by atoms with Crippen LogP contribution >= 0.6 is 0 Å². The highest BCUT2D eigenvalue weighted by Crippen LogP contribution is 2.24. The maximum absolute atomic E-state index is 9.78. The standard InChI is InChI=1S/C15H28O4/c1-11-6-8-13(18-11)4-3-5-15(16)17-10-14-9-7-12(2)19-14/h11-16H,3-10H2,1-2H3. The van der Waals surface area contributed by atoms with Crippen LogP contribution in [-0.4, -0.2) is 42.4 Å². The first-order valence-electron chi connectivity index (χ1n) is 7.74. The largest absolute Gasteiger partial charge is 0.375 e. The molecule has 0 bridgehead atoms. The zero-order valence-corrected chi connectivity index (χ0v) is 12.2. The molecule has 2 aliphatic rings. The van der Waals surface area contributed by atoms with Crippen LogP contribution in [0.3, 0.4) is 0 Å². The van der Waals surface area contributed by atoms with Gasteiger partial charge in [0, 0.05) is 0 Å². The minimum absolute atomic E-state index is 0.170. The molecule has 0 spiro atoms. The zero-order valence-electron chi connectivity index (χ0n) is 12.2. The summed E-state index contributed by atoms with van der Waals surface area (Å²) in [6, 6.07) is 0. The van der Waals surface area contributed by atoms with Gasteiger partial charge in [-0.3, -0.25) is 0 Å². The quantitative estimate of drug-likeness (QED) is 0.724. The number of aliphatic hydroxyl groups is 1. The highest BCUT2D eigenvalue weighted by molar-refractivity contribution is 4.71. The molecule has 0 aromatic rings. The lowest BCUT2D eigenvalue weighted by Gasteiger charge is -2.17. The average molecular weight is 272 g/mol. The van der Waals surface area contributed by atoms with Crippen molar-refractivity contribution in [1.29, 1.82) is 0 Å². The molecule has 4 heteroatoms. The topological polar surface area (TPSA) is 47.9 Å². The molecule has 0 aromatic heterocycles. The van der Waals surface area contributed by atoms with Gasteiger partial charge in [0.05, 0.1) is 31.0 Å². The van der Waals surface area contributed by atoms with Gasteiger partial charge in [-0.1, -0.05) is 0 Å². The number of hydrogen-bond acceptors (Lipinski definition) is 4. The van der Waals surface area contributed by atoms with Crippen LogP contribution in [0.15, 0.2) is 0 Å². The van der Waals surface area contributed by atoms with Crippen LogP contribution < -0.4 is 0 Å². The van der Waals surface area contributed by atoms with Crippen molar-refractivity contribution in [2.45, 2.75) is 89.5 Å². The number of aliphatic hydroxyl groups excluding tert-OH is 1. The van der Waals surface area contributed by atoms with Gasteiger partial charge >= 0.3 is 0 Å². The van der Waals surface area contributed by atoms with Crippen molar-refractivity contribution in [1.82, 2.24) is 0 Å². The Morgan fingerprint density at radius 2 is 1.68 bits per heavy atom. The Bertz CT molecular complexity index is 259. The first kappa shape index (κ1) is 15.2. The van der Waals surface area contributed by atoms with Crippen molar-refractivity contribution in [2.24, 2.45) is 0 Å². The summed E-state index contributed by atoms with van der Waals surface area (Å²) in [4.78, 5) is 0. The van der Waals surface area contributed by atoms with Crippen LogP contribution in [0, 0.1) is 0 Å². The van der Waals surface area contributed by atoms with Gasteiger partial charge in [0.25, 0.3) is 0 Å². The Hall–Kier alpha value is -0.160. The van der Waals surface area contributed by atoms with E-state index in [1.54, 1.807) is 0 Å². The van der Waals surface area contributed by atoms with E-state index in [4.69, 9.17) is 14.2 Å². The fourth-order valence-corrected chi connectivity index (χ4v) is 2.93. The second-order valence-corrected chi connectivity index (χ2v) is 6.01. The molecule has 2 heterocycles. The van der Waals surface area contributed by atoms with Crippen molar-refractivity contribution in [3.8, 4) is 0 Å². The van der Waals surface area contributed by atoms with Crippen molar-refractivity contribution in [3.63, 3.8) is 0 Å². The minimum Gasteiger partial charge on any atom is -0.375 e. The predicted molar refractivity (Wildman–Crippen MR) is 72.9 cm³/mol. The Labute approximate surface area is 116 Å². The van der Waals surface area contributed by atoms with E-state index in [0.29, 0.717) is 31.3 Å². The maximum atomic E-state index is 9.78. The van der Waals surface area contributed by atoms with Crippen LogP contribution in [0.5, 0.6) is 0 Å². The zero-order chi connectivity index (χ0) is 13.7. The monoisotopic (exact) mass is 272 g/mol. The molecule has 5 unspecified atom stereocenters. The van der Waals surface area contributed by atoms with Crippen LogP contribution in [0.4, 0.5) is 0 Å². The predicted octanol–water partition coefficient (Wildman–Crippen LogP) is 2.63. The molecule has 2 aliphatic heterocycles. The summed E-state index contributed by atoms with van der Waals surface area (Å²) in [5, 5.41) is 9.78. The van der Waals surface area contributed by atoms with E-state index < -0.39 is 6.29 Å². The van der Waals surface area contributed by atoms with Gasteiger partial charge in [0.2, 0.25) is 0 Å². The third kappa shape index (κ3) is 5.38. The summed E-state index contributed by atoms with van der Waals surface area (Å²) >= 11 is 0. The highest BCUT2D eigenvalue weighted by Gasteiger charge is 2.23. The van der Waals surface area contributed by atoms with Gasteiger partial charge in [-0.05, 0) is 58.8 Å². The number of rotatable bonds is 7. The average Bonchev–Trinajstić information content (AvgIpc) is 2.96. The lowest BCUT2D eigenvalue weighted by Crippen LogP contribution is -2.22. The summed E-state index contributed by atoms with van der Waals surface area (Å²) in [5.74, 6) is 0. The van der Waals surface area contributed by atoms with Gasteiger partial charge in [0.15, 0.2) is 6.29 Å². The molecule has 0 aromatic carbocycles. The summed E-state index contributed by atoms with van der Waals surface area (Å²) in [5.41, 5.74) is 0. The Morgan fingerprint density at radius 3 is 2.26 bits per heavy atom. The SMILES string of the molecule is CC1CCC(CCCC(O)OCC2CCC(C)O2)O1. The number of ether oxygens (including phenoxy) is 3. The molecule has 112 valence electrons. The second kappa shape index (κ2) is 7.58. The van der Waals surface area contributed by atoms with Gasteiger partial charge in [-0.25, -0.2) is 0 Å². The summed E-state index contributed by atoms with van der Waals surface area (Å²) < 4.78 is 16.9. The lowest BCUT2D eigenvalue weighted by atomic mass is 10.1. The molecule has 0 radical (unpaired) electrons. The molecular weight excluding hydrogens is 244 g/mol. The number of hydrogen-bond donors (Lipinski definition) is 1. The molecule has 19 heavy (non-hydrogen) atoms. The maximum Gasteiger partial charge on any atom is 0.154 e. The molecule has 0 amide bonds. The fraction of sp³-hybridized carbons (Fsp3) is 1.00. The van der Waals surface area contributed by atoms with E-state index in [-0.39, 0.29) is 6.10 Å². The highest BCUT2D eigenvalue weighted by atomic mass is 16.6. The molecule has 4 nitrogen and oxygen atoms in total. The van der Waals surface area contributed by atoms with Gasteiger partial charge in [-0.15, -0.1) is 0 Å². The minimum atomic E-state index is -0.654. The molecule has 5 atom stereocenters. The first-order chi connectivity index (χ1) is 9.13. The van der Waals surface area contributed by atoms with E-state index in [1.807, 2.05) is 0 Å². The summed E-state index contributed by atoms with van der Waals surface area (Å²) in [7, 11) is 0. The van der Waals surface area contributed by atoms with Crippen molar-refractivity contribution in [3.05, 3.63) is 0 Å². The van der Waals surface area contributed by atoms with Crippen LogP contribution in [-0.2, 0) is 14.2 Å². The third-order valence-electron chi connectivity index (χ3n) is 4.09. The summed E-state index contributed by atoms with van der Waals surface area (Å²) in [6.45, 7) is 4.72. The van der Waals surface area contributed by atoms with Crippen molar-refractivity contribution < 1.29 is 19.3 Å². The molecular formula is C15H28O4. The van der Waals surface area contributed by atoms with Crippen LogP contribution in [0.1, 0.15) is 58.8 Å². The second-order valence-electron chi connectivity index (χ2n) is 6.01. The Balaban J connectivity index is 1.49. The van der Waals surface area contributed by atoms with Crippen molar-refractivity contribution >= 4 is 0 Å². The van der Waals surface area contributed by atoms with Gasteiger partial charge in [-0.2, -0.15) is 0 Å².